The van der Waals surface area contributed by atoms with Gasteiger partial charge in [0, 0.05) is 19.8 Å². The van der Waals surface area contributed by atoms with Crippen molar-refractivity contribution in [2.24, 2.45) is 0 Å². The molecule has 5 rings (SSSR count). The Balaban J connectivity index is 1.76. The van der Waals surface area contributed by atoms with Crippen LogP contribution in [0, 0.1) is 0 Å². The molecule has 0 aromatic heterocycles. The fourth-order valence-corrected chi connectivity index (χ4v) is 4.18. The van der Waals surface area contributed by atoms with Crippen molar-refractivity contribution in [2.45, 2.75) is 25.6 Å². The van der Waals surface area contributed by atoms with Crippen LogP contribution >= 0.6 is 0 Å². The van der Waals surface area contributed by atoms with Gasteiger partial charge in [0.15, 0.2) is 5.78 Å². The van der Waals surface area contributed by atoms with Gasteiger partial charge in [-0.1, -0.05) is 24.3 Å². The highest BCUT2D eigenvalue weighted by molar-refractivity contribution is 6.03. The van der Waals surface area contributed by atoms with E-state index in [-0.39, 0.29) is 23.5 Å². The van der Waals surface area contributed by atoms with E-state index in [1.165, 1.54) is 14.0 Å². The minimum absolute atomic E-state index is 0.148. The summed E-state index contributed by atoms with van der Waals surface area (Å²) in [5.41, 5.74) is 0.707. The Morgan fingerprint density at radius 3 is 2.28 bits per heavy atom. The highest BCUT2D eigenvalue weighted by Gasteiger charge is 2.50. The lowest BCUT2D eigenvalue weighted by Crippen LogP contribution is -2.45. The summed E-state index contributed by atoms with van der Waals surface area (Å²) >= 11 is 0. The van der Waals surface area contributed by atoms with E-state index in [9.17, 15) is 9.59 Å². The lowest BCUT2D eigenvalue weighted by molar-refractivity contribution is -0.137. The van der Waals surface area contributed by atoms with Gasteiger partial charge in [-0.15, -0.1) is 0 Å². The molecule has 29 heavy (non-hydrogen) atoms. The molecule has 0 fully saturated rings. The van der Waals surface area contributed by atoms with Gasteiger partial charge in [-0.3, -0.25) is 9.59 Å². The standard InChI is InChI=1S/C23H18O6/c1-13(24)27-16-9-10-19(26-2)22-21(16)15(25)11-12-23(22)28-17-7-3-5-14-6-4-8-18(29-23)20(14)17/h3-10H,11-12H2,1-2H3. The predicted octanol–water partition coefficient (Wildman–Crippen LogP) is 4.37. The van der Waals surface area contributed by atoms with Crippen LogP contribution < -0.4 is 18.9 Å². The molecule has 2 aliphatic rings. The van der Waals surface area contributed by atoms with Gasteiger partial charge in [-0.25, -0.2) is 0 Å². The van der Waals surface area contributed by atoms with Crippen molar-refractivity contribution >= 4 is 22.5 Å². The van der Waals surface area contributed by atoms with Crippen LogP contribution in [0.3, 0.4) is 0 Å². The third-order valence-corrected chi connectivity index (χ3v) is 5.32. The third kappa shape index (κ3) is 2.56. The zero-order valence-electron chi connectivity index (χ0n) is 16.0. The van der Waals surface area contributed by atoms with Crippen LogP contribution in [-0.4, -0.2) is 18.9 Å². The molecule has 1 aliphatic carbocycles. The number of esters is 1. The number of hydrogen-bond acceptors (Lipinski definition) is 6. The van der Waals surface area contributed by atoms with Gasteiger partial charge in [0.25, 0.3) is 5.79 Å². The minimum Gasteiger partial charge on any atom is -0.496 e. The van der Waals surface area contributed by atoms with Gasteiger partial charge in [-0.05, 0) is 29.7 Å². The van der Waals surface area contributed by atoms with Crippen LogP contribution in [0.5, 0.6) is 23.0 Å². The first-order valence-electron chi connectivity index (χ1n) is 9.35. The maximum absolute atomic E-state index is 12.9. The fraction of sp³-hybridized carbons (Fsp3) is 0.217. The Morgan fingerprint density at radius 1 is 1.00 bits per heavy atom. The van der Waals surface area contributed by atoms with Crippen LogP contribution in [0.1, 0.15) is 35.7 Å². The fourth-order valence-electron chi connectivity index (χ4n) is 4.18. The summed E-state index contributed by atoms with van der Waals surface area (Å²) in [4.78, 5) is 24.5. The van der Waals surface area contributed by atoms with Gasteiger partial charge < -0.3 is 18.9 Å². The first-order chi connectivity index (χ1) is 14.0. The summed E-state index contributed by atoms with van der Waals surface area (Å²) < 4.78 is 23.7. The molecule has 0 bridgehead atoms. The van der Waals surface area contributed by atoms with E-state index in [2.05, 4.69) is 0 Å². The summed E-state index contributed by atoms with van der Waals surface area (Å²) in [6, 6.07) is 14.8. The molecule has 6 nitrogen and oxygen atoms in total. The van der Waals surface area contributed by atoms with Gasteiger partial charge in [0.2, 0.25) is 0 Å². The van der Waals surface area contributed by atoms with Gasteiger partial charge >= 0.3 is 5.97 Å². The van der Waals surface area contributed by atoms with Crippen LogP contribution in [-0.2, 0) is 10.6 Å². The molecule has 146 valence electrons. The monoisotopic (exact) mass is 390 g/mol. The quantitative estimate of drug-likeness (QED) is 0.478. The maximum atomic E-state index is 12.9. The van der Waals surface area contributed by atoms with Crippen molar-refractivity contribution < 1.29 is 28.5 Å². The molecule has 0 atom stereocenters. The zero-order chi connectivity index (χ0) is 20.2. The minimum atomic E-state index is -1.26. The summed E-state index contributed by atoms with van der Waals surface area (Å²) in [6.07, 6.45) is 0.496. The molecule has 3 aromatic rings. The second kappa shape index (κ2) is 6.24. The molecule has 0 radical (unpaired) electrons. The molecule has 1 aliphatic heterocycles. The van der Waals surface area contributed by atoms with E-state index in [4.69, 9.17) is 18.9 Å². The lowest BCUT2D eigenvalue weighted by Gasteiger charge is -2.42. The number of methoxy groups -OCH3 is 1. The van der Waals surface area contributed by atoms with E-state index in [0.717, 1.165) is 10.8 Å². The Labute approximate surface area is 166 Å². The van der Waals surface area contributed by atoms with Crippen molar-refractivity contribution in [2.75, 3.05) is 7.11 Å². The molecule has 0 saturated heterocycles. The van der Waals surface area contributed by atoms with Gasteiger partial charge in [0.1, 0.15) is 23.0 Å². The van der Waals surface area contributed by atoms with Crippen LogP contribution in [0.15, 0.2) is 48.5 Å². The highest BCUT2D eigenvalue weighted by Crippen LogP contribution is 2.52. The number of ether oxygens (including phenoxy) is 4. The number of hydrogen-bond donors (Lipinski definition) is 0. The number of fused-ring (bicyclic) bond motifs is 2. The van der Waals surface area contributed by atoms with Gasteiger partial charge in [0.05, 0.1) is 23.6 Å². The third-order valence-electron chi connectivity index (χ3n) is 5.32. The molecule has 0 saturated carbocycles. The molecular formula is C23H18O6. The second-order valence-corrected chi connectivity index (χ2v) is 7.10. The molecular weight excluding hydrogens is 372 g/mol. The van der Waals surface area contributed by atoms with E-state index < -0.39 is 11.8 Å². The smallest absolute Gasteiger partial charge is 0.308 e. The summed E-state index contributed by atoms with van der Waals surface area (Å²) in [7, 11) is 1.52. The number of ketones is 1. The molecule has 3 aromatic carbocycles. The topological polar surface area (TPSA) is 71.1 Å². The Morgan fingerprint density at radius 2 is 1.66 bits per heavy atom. The second-order valence-electron chi connectivity index (χ2n) is 7.10. The van der Waals surface area contributed by atoms with Crippen molar-refractivity contribution in [1.82, 2.24) is 0 Å². The highest BCUT2D eigenvalue weighted by atomic mass is 16.7. The van der Waals surface area contributed by atoms with Crippen LogP contribution in [0.2, 0.25) is 0 Å². The summed E-state index contributed by atoms with van der Waals surface area (Å²) in [5.74, 6) is 0.0506. The van der Waals surface area contributed by atoms with E-state index >= 15 is 0 Å². The SMILES string of the molecule is COc1ccc(OC(C)=O)c2c1C1(CCC2=O)Oc2cccc3cccc(c23)O1. The van der Waals surface area contributed by atoms with Crippen molar-refractivity contribution in [1.29, 1.82) is 0 Å². The maximum Gasteiger partial charge on any atom is 0.308 e. The number of carbonyl (C=O) groups is 2. The number of rotatable bonds is 2. The average Bonchev–Trinajstić information content (AvgIpc) is 2.71. The molecule has 1 spiro atoms. The molecule has 0 unspecified atom stereocenters. The van der Waals surface area contributed by atoms with E-state index in [1.54, 1.807) is 12.1 Å². The first-order valence-corrected chi connectivity index (χ1v) is 9.35. The largest absolute Gasteiger partial charge is 0.496 e. The Hall–Kier alpha value is -3.54. The van der Waals surface area contributed by atoms with Crippen molar-refractivity contribution in [3.05, 3.63) is 59.7 Å². The van der Waals surface area contributed by atoms with Crippen LogP contribution in [0.4, 0.5) is 0 Å². The molecule has 0 amide bonds. The van der Waals surface area contributed by atoms with Crippen molar-refractivity contribution in [3.8, 4) is 23.0 Å². The lowest BCUT2D eigenvalue weighted by atomic mass is 9.83. The zero-order valence-corrected chi connectivity index (χ0v) is 16.0. The first kappa shape index (κ1) is 17.6. The van der Waals surface area contributed by atoms with E-state index in [1.807, 2.05) is 36.4 Å². The molecule has 0 N–H and O–H groups in total. The van der Waals surface area contributed by atoms with E-state index in [0.29, 0.717) is 29.2 Å². The van der Waals surface area contributed by atoms with Crippen LogP contribution in [0.25, 0.3) is 10.8 Å². The van der Waals surface area contributed by atoms with Crippen molar-refractivity contribution in [3.63, 3.8) is 0 Å². The average molecular weight is 390 g/mol. The Kier molecular flexibility index (Phi) is 3.77. The summed E-state index contributed by atoms with van der Waals surface area (Å²) in [5, 5.41) is 1.89. The molecule has 1 heterocycles. The van der Waals surface area contributed by atoms with Gasteiger partial charge in [-0.2, -0.15) is 0 Å². The predicted molar refractivity (Wildman–Crippen MR) is 105 cm³/mol. The molecule has 6 heteroatoms. The normalized spacial score (nSPS) is 16.0. The summed E-state index contributed by atoms with van der Waals surface area (Å²) in [6.45, 7) is 1.30. The number of benzene rings is 3. The Bertz CT molecular complexity index is 1140. The number of Topliss-reactive ketones (excluding diaryl/α,β-unsaturated/α-hetero) is 1. The number of carbonyl (C=O) groups excluding carboxylic acids is 2.